The summed E-state index contributed by atoms with van der Waals surface area (Å²) in [4.78, 5) is 27.1. The average Bonchev–Trinajstić information content (AvgIpc) is 3.30. The Morgan fingerprint density at radius 1 is 1.04 bits per heavy atom. The molecule has 0 atom stereocenters. The van der Waals surface area contributed by atoms with E-state index in [2.05, 4.69) is 37.5 Å². The third kappa shape index (κ3) is 5.40. The van der Waals surface area contributed by atoms with Crippen LogP contribution in [-0.2, 0) is 17.9 Å². The molecule has 2 N–H and O–H groups in total. The molecule has 1 aromatic heterocycles. The summed E-state index contributed by atoms with van der Waals surface area (Å²) in [5, 5.41) is 5.55. The molecule has 0 unspecified atom stereocenters. The number of amides is 2. The Bertz CT molecular complexity index is 772. The standard InChI is InChI=1S/C19H22BrN3O2S/c20-17-8-7-16(26-17)19(25)22-12-18(24)21-11-14-5-1-2-6-15(14)13-23-9-3-4-10-23/h1-2,5-8H,3-4,9-13H2,(H,21,24)(H,22,25). The Morgan fingerprint density at radius 2 is 1.77 bits per heavy atom. The fourth-order valence-corrected chi connectivity index (χ4v) is 4.31. The number of carbonyl (C=O) groups excluding carboxylic acids is 2. The molecule has 2 amide bonds. The van der Waals surface area contributed by atoms with Gasteiger partial charge in [0.05, 0.1) is 15.2 Å². The van der Waals surface area contributed by atoms with Crippen LogP contribution in [0.25, 0.3) is 0 Å². The van der Waals surface area contributed by atoms with Crippen molar-refractivity contribution < 1.29 is 9.59 Å². The maximum Gasteiger partial charge on any atom is 0.261 e. The first-order valence-electron chi connectivity index (χ1n) is 8.71. The zero-order valence-corrected chi connectivity index (χ0v) is 16.9. The Kier molecular flexibility index (Phi) is 6.82. The van der Waals surface area contributed by atoms with E-state index in [1.54, 1.807) is 6.07 Å². The van der Waals surface area contributed by atoms with Gasteiger partial charge in [-0.3, -0.25) is 14.5 Å². The van der Waals surface area contributed by atoms with Crippen LogP contribution in [0, 0.1) is 0 Å². The number of likely N-dealkylation sites (tertiary alicyclic amines) is 1. The number of thiophene rings is 1. The Labute approximate surface area is 165 Å². The number of carbonyl (C=O) groups is 2. The number of nitrogens with one attached hydrogen (secondary N) is 2. The van der Waals surface area contributed by atoms with E-state index in [-0.39, 0.29) is 18.4 Å². The second kappa shape index (κ2) is 9.30. The third-order valence-electron chi connectivity index (χ3n) is 4.39. The highest BCUT2D eigenvalue weighted by molar-refractivity contribution is 9.11. The summed E-state index contributed by atoms with van der Waals surface area (Å²) in [6.07, 6.45) is 2.53. The quantitative estimate of drug-likeness (QED) is 0.701. The van der Waals surface area contributed by atoms with E-state index in [0.717, 1.165) is 29.0 Å². The molecule has 5 nitrogen and oxygen atoms in total. The molecule has 1 fully saturated rings. The van der Waals surface area contributed by atoms with Crippen LogP contribution in [0.15, 0.2) is 40.2 Å². The summed E-state index contributed by atoms with van der Waals surface area (Å²) in [7, 11) is 0. The van der Waals surface area contributed by atoms with Gasteiger partial charge in [-0.1, -0.05) is 24.3 Å². The molecule has 0 radical (unpaired) electrons. The van der Waals surface area contributed by atoms with Crippen molar-refractivity contribution in [1.82, 2.24) is 15.5 Å². The van der Waals surface area contributed by atoms with E-state index in [9.17, 15) is 9.59 Å². The molecule has 2 heterocycles. The average molecular weight is 436 g/mol. The van der Waals surface area contributed by atoms with Crippen LogP contribution >= 0.6 is 27.3 Å². The highest BCUT2D eigenvalue weighted by Crippen LogP contribution is 2.21. The lowest BCUT2D eigenvalue weighted by molar-refractivity contribution is -0.120. The van der Waals surface area contributed by atoms with E-state index in [4.69, 9.17) is 0 Å². The van der Waals surface area contributed by atoms with E-state index in [0.29, 0.717) is 11.4 Å². The van der Waals surface area contributed by atoms with Crippen LogP contribution in [0.3, 0.4) is 0 Å². The molecule has 1 aliphatic heterocycles. The summed E-state index contributed by atoms with van der Waals surface area (Å²) in [5.74, 6) is -0.421. The lowest BCUT2D eigenvalue weighted by Gasteiger charge is -2.17. The van der Waals surface area contributed by atoms with Gasteiger partial charge in [0.2, 0.25) is 5.91 Å². The van der Waals surface area contributed by atoms with Crippen molar-refractivity contribution in [2.75, 3.05) is 19.6 Å². The van der Waals surface area contributed by atoms with Gasteiger partial charge >= 0.3 is 0 Å². The number of rotatable bonds is 7. The van der Waals surface area contributed by atoms with Gasteiger partial charge in [0.15, 0.2) is 0 Å². The first kappa shape index (κ1) is 19.1. The van der Waals surface area contributed by atoms with Gasteiger partial charge in [0.1, 0.15) is 0 Å². The van der Waals surface area contributed by atoms with Crippen molar-refractivity contribution >= 4 is 39.1 Å². The van der Waals surface area contributed by atoms with Crippen molar-refractivity contribution in [1.29, 1.82) is 0 Å². The monoisotopic (exact) mass is 435 g/mol. The van der Waals surface area contributed by atoms with Gasteiger partial charge in [-0.2, -0.15) is 0 Å². The second-order valence-corrected chi connectivity index (χ2v) is 8.78. The van der Waals surface area contributed by atoms with Crippen LogP contribution in [0.2, 0.25) is 0 Å². The van der Waals surface area contributed by atoms with Gasteiger partial charge in [0.25, 0.3) is 5.91 Å². The van der Waals surface area contributed by atoms with Gasteiger partial charge in [-0.15, -0.1) is 11.3 Å². The largest absolute Gasteiger partial charge is 0.350 e. The van der Waals surface area contributed by atoms with Crippen molar-refractivity contribution in [3.63, 3.8) is 0 Å². The maximum atomic E-state index is 12.1. The van der Waals surface area contributed by atoms with Crippen molar-refractivity contribution in [3.8, 4) is 0 Å². The van der Waals surface area contributed by atoms with Crippen molar-refractivity contribution in [3.05, 3.63) is 56.2 Å². The molecular formula is C19H22BrN3O2S. The summed E-state index contributed by atoms with van der Waals surface area (Å²) in [6, 6.07) is 11.7. The lowest BCUT2D eigenvalue weighted by Crippen LogP contribution is -2.36. The normalized spacial score (nSPS) is 14.3. The zero-order valence-electron chi connectivity index (χ0n) is 14.5. The van der Waals surface area contributed by atoms with Crippen LogP contribution < -0.4 is 10.6 Å². The SMILES string of the molecule is O=C(CNC(=O)c1ccc(Br)s1)NCc1ccccc1CN1CCCC1. The van der Waals surface area contributed by atoms with Gasteiger partial charge in [-0.05, 0) is 65.1 Å². The fraction of sp³-hybridized carbons (Fsp3) is 0.368. The van der Waals surface area contributed by atoms with Crippen molar-refractivity contribution in [2.45, 2.75) is 25.9 Å². The van der Waals surface area contributed by atoms with Gasteiger partial charge in [0, 0.05) is 13.1 Å². The van der Waals surface area contributed by atoms with Gasteiger partial charge < -0.3 is 10.6 Å². The minimum atomic E-state index is -0.231. The molecule has 0 saturated carbocycles. The predicted octanol–water partition coefficient (Wildman–Crippen LogP) is 3.15. The Hall–Kier alpha value is -1.70. The molecule has 0 bridgehead atoms. The molecule has 1 aromatic carbocycles. The predicted molar refractivity (Wildman–Crippen MR) is 107 cm³/mol. The molecule has 7 heteroatoms. The van der Waals surface area contributed by atoms with Crippen LogP contribution in [0.4, 0.5) is 0 Å². The first-order chi connectivity index (χ1) is 12.6. The summed E-state index contributed by atoms with van der Waals surface area (Å²) in [6.45, 7) is 3.67. The first-order valence-corrected chi connectivity index (χ1v) is 10.3. The molecule has 3 rings (SSSR count). The Morgan fingerprint density at radius 3 is 2.46 bits per heavy atom. The van der Waals surface area contributed by atoms with Gasteiger partial charge in [-0.25, -0.2) is 0 Å². The van der Waals surface area contributed by atoms with Crippen LogP contribution in [-0.4, -0.2) is 36.3 Å². The number of nitrogens with zero attached hydrogens (tertiary/aromatic N) is 1. The number of hydrogen-bond donors (Lipinski definition) is 2. The molecule has 1 saturated heterocycles. The molecule has 26 heavy (non-hydrogen) atoms. The Balaban J connectivity index is 1.47. The summed E-state index contributed by atoms with van der Waals surface area (Å²) < 4.78 is 0.890. The maximum absolute atomic E-state index is 12.1. The molecule has 0 aliphatic carbocycles. The third-order valence-corrected chi connectivity index (χ3v) is 6.02. The molecule has 0 spiro atoms. The minimum absolute atomic E-state index is 0.0252. The molecule has 138 valence electrons. The topological polar surface area (TPSA) is 61.4 Å². The summed E-state index contributed by atoms with van der Waals surface area (Å²) in [5.41, 5.74) is 2.38. The van der Waals surface area contributed by atoms with Crippen LogP contribution in [0.5, 0.6) is 0 Å². The van der Waals surface area contributed by atoms with E-state index in [1.807, 2.05) is 24.3 Å². The van der Waals surface area contributed by atoms with Crippen LogP contribution in [0.1, 0.15) is 33.6 Å². The minimum Gasteiger partial charge on any atom is -0.350 e. The number of hydrogen-bond acceptors (Lipinski definition) is 4. The van der Waals surface area contributed by atoms with E-state index >= 15 is 0 Å². The highest BCUT2D eigenvalue weighted by atomic mass is 79.9. The number of benzene rings is 1. The second-order valence-electron chi connectivity index (χ2n) is 6.32. The smallest absolute Gasteiger partial charge is 0.261 e. The molecular weight excluding hydrogens is 414 g/mol. The lowest BCUT2D eigenvalue weighted by atomic mass is 10.1. The summed E-state index contributed by atoms with van der Waals surface area (Å²) >= 11 is 4.67. The highest BCUT2D eigenvalue weighted by Gasteiger charge is 2.14. The zero-order chi connectivity index (χ0) is 18.4. The molecule has 1 aliphatic rings. The van der Waals surface area contributed by atoms with Crippen molar-refractivity contribution in [2.24, 2.45) is 0 Å². The molecule has 2 aromatic rings. The van der Waals surface area contributed by atoms with E-state index < -0.39 is 0 Å². The number of halogens is 1. The van der Waals surface area contributed by atoms with E-state index in [1.165, 1.54) is 29.7 Å². The fourth-order valence-electron chi connectivity index (χ4n) is 3.01.